The van der Waals surface area contributed by atoms with Gasteiger partial charge in [-0.1, -0.05) is 19.1 Å². The molecule has 4 aliphatic carbocycles. The van der Waals surface area contributed by atoms with Gasteiger partial charge in [0, 0.05) is 0 Å². The lowest BCUT2D eigenvalue weighted by Crippen LogP contribution is -2.48. The number of rotatable bonds is 2. The van der Waals surface area contributed by atoms with Crippen molar-refractivity contribution in [1.82, 2.24) is 0 Å². The molecule has 0 saturated heterocycles. The third-order valence-corrected chi connectivity index (χ3v) is 6.41. The first-order valence-electron chi connectivity index (χ1n) is 8.42. The first kappa shape index (κ1) is 12.7. The molecule has 0 unspecified atom stereocenters. The van der Waals surface area contributed by atoms with Crippen LogP contribution in [0.5, 0.6) is 5.75 Å². The van der Waals surface area contributed by atoms with Crippen LogP contribution >= 0.6 is 0 Å². The Balaban J connectivity index is 1.79. The van der Waals surface area contributed by atoms with Crippen molar-refractivity contribution in [2.75, 3.05) is 0 Å². The van der Waals surface area contributed by atoms with Gasteiger partial charge < -0.3 is 5.11 Å². The monoisotopic (exact) mass is 270 g/mol. The molecule has 4 fully saturated rings. The lowest BCUT2D eigenvalue weighted by molar-refractivity contribution is -0.00525. The van der Waals surface area contributed by atoms with E-state index in [0.29, 0.717) is 11.2 Å². The maximum absolute atomic E-state index is 10.2. The average molecular weight is 270 g/mol. The smallest absolute Gasteiger partial charge is 0.121 e. The van der Waals surface area contributed by atoms with Gasteiger partial charge in [0.05, 0.1) is 0 Å². The van der Waals surface area contributed by atoms with Crippen LogP contribution in [0.1, 0.15) is 62.1 Å². The maximum Gasteiger partial charge on any atom is 0.121 e. The van der Waals surface area contributed by atoms with Crippen molar-refractivity contribution in [3.8, 4) is 5.75 Å². The molecule has 0 radical (unpaired) electrons. The second kappa shape index (κ2) is 4.26. The van der Waals surface area contributed by atoms with Crippen LogP contribution in [0, 0.1) is 24.7 Å². The van der Waals surface area contributed by atoms with Gasteiger partial charge in [-0.2, -0.15) is 0 Å². The number of hydrogen-bond donors (Lipinski definition) is 1. The molecule has 5 rings (SSSR count). The fourth-order valence-corrected chi connectivity index (χ4v) is 5.89. The molecule has 1 nitrogen and oxygen atoms in total. The summed E-state index contributed by atoms with van der Waals surface area (Å²) in [6, 6.07) is 4.62. The first-order valence-corrected chi connectivity index (χ1v) is 8.42. The van der Waals surface area contributed by atoms with E-state index in [0.717, 1.165) is 35.3 Å². The van der Waals surface area contributed by atoms with E-state index in [9.17, 15) is 5.11 Å². The van der Waals surface area contributed by atoms with Gasteiger partial charge in [-0.05, 0) is 91.7 Å². The summed E-state index contributed by atoms with van der Waals surface area (Å²) in [5.74, 6) is 3.49. The summed E-state index contributed by atoms with van der Waals surface area (Å²) in [6.45, 7) is 4.22. The summed E-state index contributed by atoms with van der Waals surface area (Å²) in [5.41, 5.74) is 4.23. The normalized spacial score (nSPS) is 38.4. The molecule has 4 aliphatic rings. The summed E-state index contributed by atoms with van der Waals surface area (Å²) in [5, 5.41) is 10.2. The molecular weight excluding hydrogens is 244 g/mol. The van der Waals surface area contributed by atoms with Crippen LogP contribution < -0.4 is 0 Å². The van der Waals surface area contributed by atoms with Gasteiger partial charge >= 0.3 is 0 Å². The third kappa shape index (κ3) is 1.75. The maximum atomic E-state index is 10.2. The van der Waals surface area contributed by atoms with E-state index in [1.165, 1.54) is 38.5 Å². The Morgan fingerprint density at radius 2 is 1.60 bits per heavy atom. The standard InChI is InChI=1S/C19H26O/c1-3-16-8-17(4-12(2)18(16)20)19-9-13-5-14(10-19)7-15(6-13)11-19/h4,8,13-15,20H,3,5-7,9-11H2,1-2H3. The van der Waals surface area contributed by atoms with E-state index in [1.807, 2.05) is 0 Å². The van der Waals surface area contributed by atoms with Gasteiger partial charge in [0.2, 0.25) is 0 Å². The summed E-state index contributed by atoms with van der Waals surface area (Å²) < 4.78 is 0. The van der Waals surface area contributed by atoms with Crippen LogP contribution in [0.2, 0.25) is 0 Å². The van der Waals surface area contributed by atoms with Gasteiger partial charge in [-0.25, -0.2) is 0 Å². The van der Waals surface area contributed by atoms with Gasteiger partial charge in [0.1, 0.15) is 5.75 Å². The van der Waals surface area contributed by atoms with Crippen molar-refractivity contribution in [2.45, 2.75) is 64.2 Å². The molecule has 0 aliphatic heterocycles. The van der Waals surface area contributed by atoms with Crippen molar-refractivity contribution < 1.29 is 5.11 Å². The second-order valence-electron chi connectivity index (χ2n) is 7.85. The minimum absolute atomic E-state index is 0.455. The quantitative estimate of drug-likeness (QED) is 0.823. The van der Waals surface area contributed by atoms with Crippen molar-refractivity contribution in [2.24, 2.45) is 17.8 Å². The first-order chi connectivity index (χ1) is 9.59. The topological polar surface area (TPSA) is 20.2 Å². The number of phenols is 1. The minimum atomic E-state index is 0.455. The van der Waals surface area contributed by atoms with Crippen molar-refractivity contribution in [3.05, 3.63) is 28.8 Å². The highest BCUT2D eigenvalue weighted by Gasteiger charge is 2.51. The molecule has 0 spiro atoms. The van der Waals surface area contributed by atoms with Crippen LogP contribution in [0.15, 0.2) is 12.1 Å². The molecule has 1 aromatic rings. The van der Waals surface area contributed by atoms with Gasteiger partial charge in [0.25, 0.3) is 0 Å². The molecule has 108 valence electrons. The summed E-state index contributed by atoms with van der Waals surface area (Å²) in [4.78, 5) is 0. The van der Waals surface area contributed by atoms with E-state index < -0.39 is 0 Å². The molecule has 0 aromatic heterocycles. The van der Waals surface area contributed by atoms with E-state index in [4.69, 9.17) is 0 Å². The molecule has 1 aromatic carbocycles. The molecule has 0 atom stereocenters. The second-order valence-corrected chi connectivity index (χ2v) is 7.85. The Kier molecular flexibility index (Phi) is 2.71. The molecule has 20 heavy (non-hydrogen) atoms. The molecule has 4 saturated carbocycles. The van der Waals surface area contributed by atoms with Crippen LogP contribution in [-0.4, -0.2) is 5.11 Å². The summed E-state index contributed by atoms with van der Waals surface area (Å²) >= 11 is 0. The largest absolute Gasteiger partial charge is 0.507 e. The molecule has 4 bridgehead atoms. The average Bonchev–Trinajstić information content (AvgIpc) is 2.40. The lowest BCUT2D eigenvalue weighted by atomic mass is 9.48. The van der Waals surface area contributed by atoms with Crippen molar-refractivity contribution in [1.29, 1.82) is 0 Å². The number of aromatic hydroxyl groups is 1. The Bertz CT molecular complexity index is 508. The predicted octanol–water partition coefficient (Wildman–Crippen LogP) is 4.73. The fourth-order valence-electron chi connectivity index (χ4n) is 5.89. The Labute approximate surface area is 122 Å². The molecule has 1 heteroatoms. The molecular formula is C19H26O. The van der Waals surface area contributed by atoms with E-state index in [-0.39, 0.29) is 0 Å². The van der Waals surface area contributed by atoms with E-state index in [1.54, 1.807) is 5.56 Å². The minimum Gasteiger partial charge on any atom is -0.507 e. The number of phenolic OH excluding ortho intramolecular Hbond substituents is 1. The summed E-state index contributed by atoms with van der Waals surface area (Å²) in [7, 11) is 0. The Hall–Kier alpha value is -0.980. The molecule has 1 N–H and O–H groups in total. The lowest BCUT2D eigenvalue weighted by Gasteiger charge is -2.57. The number of hydrogen-bond acceptors (Lipinski definition) is 1. The third-order valence-electron chi connectivity index (χ3n) is 6.41. The number of benzene rings is 1. The predicted molar refractivity (Wildman–Crippen MR) is 82.1 cm³/mol. The van der Waals surface area contributed by atoms with Crippen LogP contribution in [0.25, 0.3) is 0 Å². The van der Waals surface area contributed by atoms with E-state index in [2.05, 4.69) is 26.0 Å². The number of aryl methyl sites for hydroxylation is 2. The van der Waals surface area contributed by atoms with Crippen LogP contribution in [-0.2, 0) is 11.8 Å². The van der Waals surface area contributed by atoms with Crippen molar-refractivity contribution >= 4 is 0 Å². The Morgan fingerprint density at radius 1 is 1.05 bits per heavy atom. The van der Waals surface area contributed by atoms with Crippen LogP contribution in [0.4, 0.5) is 0 Å². The zero-order valence-corrected chi connectivity index (χ0v) is 12.8. The van der Waals surface area contributed by atoms with Gasteiger partial charge in [-0.15, -0.1) is 0 Å². The van der Waals surface area contributed by atoms with Gasteiger partial charge in [-0.3, -0.25) is 0 Å². The molecule has 0 heterocycles. The highest BCUT2D eigenvalue weighted by atomic mass is 16.3. The fraction of sp³-hybridized carbons (Fsp3) is 0.684. The van der Waals surface area contributed by atoms with Crippen LogP contribution in [0.3, 0.4) is 0 Å². The molecule has 0 amide bonds. The van der Waals surface area contributed by atoms with Crippen molar-refractivity contribution in [3.63, 3.8) is 0 Å². The SMILES string of the molecule is CCc1cc(C23CC4CC(CC(C4)C2)C3)cc(C)c1O. The zero-order chi connectivity index (χ0) is 13.9. The summed E-state index contributed by atoms with van der Waals surface area (Å²) in [6.07, 6.45) is 9.66. The highest BCUT2D eigenvalue weighted by molar-refractivity contribution is 5.46. The zero-order valence-electron chi connectivity index (χ0n) is 12.8. The van der Waals surface area contributed by atoms with Gasteiger partial charge in [0.15, 0.2) is 0 Å². The highest BCUT2D eigenvalue weighted by Crippen LogP contribution is 2.61. The van der Waals surface area contributed by atoms with E-state index >= 15 is 0 Å². The Morgan fingerprint density at radius 3 is 2.10 bits per heavy atom.